The first kappa shape index (κ1) is 16.1. The van der Waals surface area contributed by atoms with Crippen molar-refractivity contribution in [1.82, 2.24) is 15.2 Å². The van der Waals surface area contributed by atoms with E-state index in [9.17, 15) is 4.79 Å². The molecule has 0 unspecified atom stereocenters. The number of hydrogen-bond donors (Lipinski definition) is 1. The van der Waals surface area contributed by atoms with Crippen molar-refractivity contribution in [2.75, 3.05) is 26.3 Å². The standard InChI is InChI=1S/C18H27N3O3/c22-17(16-12-24-18(20-16)13-2-1-3-13)19-14-4-8-21(9-5-14)15-6-10-23-11-7-15/h12-15H,1-11H2,(H,19,22). The fourth-order valence-electron chi connectivity index (χ4n) is 3.95. The number of piperidine rings is 1. The minimum atomic E-state index is -0.0890. The second-order valence-corrected chi connectivity index (χ2v) is 7.33. The summed E-state index contributed by atoms with van der Waals surface area (Å²) in [6.45, 7) is 3.89. The number of ether oxygens (including phenoxy) is 1. The predicted octanol–water partition coefficient (Wildman–Crippen LogP) is 2.32. The molecule has 6 heteroatoms. The SMILES string of the molecule is O=C(NC1CCN(C2CCOCC2)CC1)c1coc(C2CCC2)n1. The summed E-state index contributed by atoms with van der Waals surface area (Å²) >= 11 is 0. The van der Waals surface area contributed by atoms with Gasteiger partial charge in [-0.2, -0.15) is 0 Å². The van der Waals surface area contributed by atoms with Gasteiger partial charge in [0.25, 0.3) is 5.91 Å². The van der Waals surface area contributed by atoms with Gasteiger partial charge < -0.3 is 19.4 Å². The maximum Gasteiger partial charge on any atom is 0.273 e. The Balaban J connectivity index is 1.25. The highest BCUT2D eigenvalue weighted by Gasteiger charge is 2.29. The van der Waals surface area contributed by atoms with E-state index in [1.54, 1.807) is 0 Å². The van der Waals surface area contributed by atoms with Gasteiger partial charge in [-0.25, -0.2) is 4.98 Å². The van der Waals surface area contributed by atoms with Gasteiger partial charge in [-0.1, -0.05) is 6.42 Å². The summed E-state index contributed by atoms with van der Waals surface area (Å²) in [5.41, 5.74) is 0.434. The summed E-state index contributed by atoms with van der Waals surface area (Å²) in [7, 11) is 0. The summed E-state index contributed by atoms with van der Waals surface area (Å²) in [6, 6.07) is 0.911. The van der Waals surface area contributed by atoms with Crippen molar-refractivity contribution in [2.45, 2.75) is 62.9 Å². The largest absolute Gasteiger partial charge is 0.448 e. The zero-order valence-corrected chi connectivity index (χ0v) is 14.2. The Kier molecular flexibility index (Phi) is 4.85. The highest BCUT2D eigenvalue weighted by molar-refractivity contribution is 5.92. The van der Waals surface area contributed by atoms with Crippen LogP contribution < -0.4 is 5.32 Å². The number of nitrogens with one attached hydrogen (secondary N) is 1. The Morgan fingerprint density at radius 1 is 1.12 bits per heavy atom. The van der Waals surface area contributed by atoms with Crippen LogP contribution in [0.25, 0.3) is 0 Å². The third-order valence-corrected chi connectivity index (χ3v) is 5.78. The number of oxazole rings is 1. The number of rotatable bonds is 4. The highest BCUT2D eigenvalue weighted by atomic mass is 16.5. The lowest BCUT2D eigenvalue weighted by Crippen LogP contribution is -2.49. The molecule has 1 aliphatic carbocycles. The van der Waals surface area contributed by atoms with Crippen molar-refractivity contribution in [3.05, 3.63) is 17.8 Å². The molecule has 3 fully saturated rings. The first-order chi connectivity index (χ1) is 11.8. The summed E-state index contributed by atoms with van der Waals surface area (Å²) in [5, 5.41) is 3.13. The van der Waals surface area contributed by atoms with Gasteiger partial charge in [-0.05, 0) is 38.5 Å². The first-order valence-corrected chi connectivity index (χ1v) is 9.37. The Morgan fingerprint density at radius 3 is 2.54 bits per heavy atom. The lowest BCUT2D eigenvalue weighted by atomic mass is 9.85. The van der Waals surface area contributed by atoms with Crippen LogP contribution in [0.2, 0.25) is 0 Å². The second kappa shape index (κ2) is 7.23. The Bertz CT molecular complexity index is 556. The van der Waals surface area contributed by atoms with E-state index in [0.717, 1.165) is 70.7 Å². The molecule has 1 N–H and O–H groups in total. The van der Waals surface area contributed by atoms with Crippen molar-refractivity contribution in [1.29, 1.82) is 0 Å². The lowest BCUT2D eigenvalue weighted by Gasteiger charge is -2.39. The summed E-state index contributed by atoms with van der Waals surface area (Å²) in [5.74, 6) is 1.07. The van der Waals surface area contributed by atoms with Crippen LogP contribution in [0.1, 0.15) is 67.2 Å². The first-order valence-electron chi connectivity index (χ1n) is 9.37. The number of amides is 1. The fourth-order valence-corrected chi connectivity index (χ4v) is 3.95. The predicted molar refractivity (Wildman–Crippen MR) is 89.0 cm³/mol. The average Bonchev–Trinajstić information content (AvgIpc) is 3.04. The molecule has 1 aromatic heterocycles. The van der Waals surface area contributed by atoms with E-state index in [0.29, 0.717) is 17.7 Å². The topological polar surface area (TPSA) is 67.6 Å². The van der Waals surface area contributed by atoms with E-state index in [4.69, 9.17) is 9.15 Å². The van der Waals surface area contributed by atoms with Crippen molar-refractivity contribution in [3.8, 4) is 0 Å². The van der Waals surface area contributed by atoms with Crippen LogP contribution in [-0.2, 0) is 4.74 Å². The van der Waals surface area contributed by atoms with Gasteiger partial charge in [0.15, 0.2) is 11.6 Å². The second-order valence-electron chi connectivity index (χ2n) is 7.33. The van der Waals surface area contributed by atoms with E-state index in [-0.39, 0.29) is 11.9 Å². The molecule has 0 radical (unpaired) electrons. The molecule has 132 valence electrons. The molecular formula is C18H27N3O3. The lowest BCUT2D eigenvalue weighted by molar-refractivity contribution is 0.0238. The molecule has 3 heterocycles. The average molecular weight is 333 g/mol. The summed E-state index contributed by atoms with van der Waals surface area (Å²) in [6.07, 6.45) is 9.31. The van der Waals surface area contributed by atoms with Gasteiger partial charge in [0.1, 0.15) is 6.26 Å². The molecule has 1 saturated carbocycles. The van der Waals surface area contributed by atoms with Gasteiger partial charge in [-0.3, -0.25) is 4.79 Å². The number of hydrogen-bond acceptors (Lipinski definition) is 5. The fraction of sp³-hybridized carbons (Fsp3) is 0.778. The molecule has 0 spiro atoms. The molecule has 0 atom stereocenters. The third-order valence-electron chi connectivity index (χ3n) is 5.78. The van der Waals surface area contributed by atoms with Crippen LogP contribution in [0.4, 0.5) is 0 Å². The zero-order chi connectivity index (χ0) is 16.4. The zero-order valence-electron chi connectivity index (χ0n) is 14.2. The summed E-state index contributed by atoms with van der Waals surface area (Å²) in [4.78, 5) is 19.3. The number of aromatic nitrogens is 1. The molecule has 6 nitrogen and oxygen atoms in total. The van der Waals surface area contributed by atoms with Crippen molar-refractivity contribution < 1.29 is 13.9 Å². The Hall–Kier alpha value is -1.40. The third kappa shape index (κ3) is 3.49. The van der Waals surface area contributed by atoms with Crippen LogP contribution in [0.15, 0.2) is 10.7 Å². The molecular weight excluding hydrogens is 306 g/mol. The smallest absolute Gasteiger partial charge is 0.273 e. The van der Waals surface area contributed by atoms with Crippen LogP contribution in [-0.4, -0.2) is 54.2 Å². The van der Waals surface area contributed by atoms with Gasteiger partial charge >= 0.3 is 0 Å². The normalized spacial score (nSPS) is 24.7. The molecule has 4 rings (SSSR count). The van der Waals surface area contributed by atoms with Gasteiger partial charge in [0.2, 0.25) is 0 Å². The van der Waals surface area contributed by atoms with Gasteiger partial charge in [0.05, 0.1) is 0 Å². The minimum absolute atomic E-state index is 0.0890. The van der Waals surface area contributed by atoms with E-state index in [1.807, 2.05) is 0 Å². The molecule has 0 aromatic carbocycles. The Labute approximate surface area is 142 Å². The molecule has 0 bridgehead atoms. The van der Waals surface area contributed by atoms with Crippen LogP contribution in [0, 0.1) is 0 Å². The molecule has 3 aliphatic rings. The van der Waals surface area contributed by atoms with E-state index in [1.165, 1.54) is 12.7 Å². The molecule has 2 saturated heterocycles. The van der Waals surface area contributed by atoms with Crippen LogP contribution in [0.5, 0.6) is 0 Å². The number of carbonyl (C=O) groups is 1. The highest BCUT2D eigenvalue weighted by Crippen LogP contribution is 2.35. The van der Waals surface area contributed by atoms with E-state index >= 15 is 0 Å². The molecule has 1 aromatic rings. The maximum atomic E-state index is 12.4. The van der Waals surface area contributed by atoms with Crippen molar-refractivity contribution in [3.63, 3.8) is 0 Å². The van der Waals surface area contributed by atoms with Gasteiger partial charge in [0, 0.05) is 44.3 Å². The molecule has 2 aliphatic heterocycles. The summed E-state index contributed by atoms with van der Waals surface area (Å²) < 4.78 is 10.9. The Morgan fingerprint density at radius 2 is 1.88 bits per heavy atom. The molecule has 24 heavy (non-hydrogen) atoms. The molecule has 1 amide bonds. The maximum absolute atomic E-state index is 12.4. The van der Waals surface area contributed by atoms with Crippen LogP contribution >= 0.6 is 0 Å². The van der Waals surface area contributed by atoms with Crippen molar-refractivity contribution >= 4 is 5.91 Å². The van der Waals surface area contributed by atoms with Crippen molar-refractivity contribution in [2.24, 2.45) is 0 Å². The quantitative estimate of drug-likeness (QED) is 0.916. The monoisotopic (exact) mass is 333 g/mol. The number of carbonyl (C=O) groups excluding carboxylic acids is 1. The van der Waals surface area contributed by atoms with E-state index in [2.05, 4.69) is 15.2 Å². The number of nitrogens with zero attached hydrogens (tertiary/aromatic N) is 2. The minimum Gasteiger partial charge on any atom is -0.448 e. The van der Waals surface area contributed by atoms with Crippen LogP contribution in [0.3, 0.4) is 0 Å². The van der Waals surface area contributed by atoms with Gasteiger partial charge in [-0.15, -0.1) is 0 Å². The number of likely N-dealkylation sites (tertiary alicyclic amines) is 1. The van der Waals surface area contributed by atoms with E-state index < -0.39 is 0 Å².